The average molecular weight is 349 g/mol. The zero-order valence-electron chi connectivity index (χ0n) is 15.6. The summed E-state index contributed by atoms with van der Waals surface area (Å²) in [6.45, 7) is 7.46. The largest absolute Gasteiger partial charge is 0.497 e. The van der Waals surface area contributed by atoms with Crippen LogP contribution in [0.5, 0.6) is 5.75 Å². The van der Waals surface area contributed by atoms with Gasteiger partial charge in [0.2, 0.25) is 0 Å². The van der Waals surface area contributed by atoms with Crippen molar-refractivity contribution in [1.82, 2.24) is 4.90 Å². The Morgan fingerprint density at radius 3 is 2.32 bits per heavy atom. The number of carbonyl (C=O) groups is 2. The molecule has 2 rings (SSSR count). The molecule has 0 aliphatic carbocycles. The Balaban J connectivity index is 2.30. The highest BCUT2D eigenvalue weighted by Crippen LogP contribution is 2.38. The van der Waals surface area contributed by atoms with Crippen LogP contribution in [-0.2, 0) is 14.3 Å². The normalized spacial score (nSPS) is 20.3. The molecule has 1 aromatic carbocycles. The molecule has 1 heterocycles. The highest BCUT2D eigenvalue weighted by atomic mass is 16.6. The van der Waals surface area contributed by atoms with Crippen LogP contribution >= 0.6 is 0 Å². The fourth-order valence-corrected chi connectivity index (χ4v) is 3.00. The summed E-state index contributed by atoms with van der Waals surface area (Å²) in [6.07, 6.45) is 0.730. The lowest BCUT2D eigenvalue weighted by Gasteiger charge is -2.32. The van der Waals surface area contributed by atoms with Gasteiger partial charge in [-0.25, -0.2) is 9.59 Å². The maximum absolute atomic E-state index is 12.8. The van der Waals surface area contributed by atoms with Crippen LogP contribution in [-0.4, -0.2) is 42.3 Å². The van der Waals surface area contributed by atoms with Crippen LogP contribution in [0.4, 0.5) is 4.79 Å². The number of esters is 1. The molecule has 2 atom stereocenters. The predicted octanol–water partition coefficient (Wildman–Crippen LogP) is 3.70. The van der Waals surface area contributed by atoms with Gasteiger partial charge in [0.15, 0.2) is 0 Å². The molecule has 0 N–H and O–H groups in total. The first kappa shape index (κ1) is 19.1. The Bertz CT molecular complexity index is 605. The van der Waals surface area contributed by atoms with Crippen LogP contribution in [0.1, 0.15) is 52.1 Å². The van der Waals surface area contributed by atoms with Crippen molar-refractivity contribution in [3.8, 4) is 5.75 Å². The highest BCUT2D eigenvalue weighted by molar-refractivity contribution is 5.82. The number of nitrogens with zero attached hydrogens (tertiary/aromatic N) is 1. The van der Waals surface area contributed by atoms with Crippen LogP contribution in [0.2, 0.25) is 0 Å². The van der Waals surface area contributed by atoms with E-state index in [0.717, 1.165) is 11.3 Å². The molecule has 6 nitrogen and oxygen atoms in total. The molecule has 6 heteroatoms. The summed E-state index contributed by atoms with van der Waals surface area (Å²) < 4.78 is 15.9. The zero-order valence-corrected chi connectivity index (χ0v) is 15.6. The highest BCUT2D eigenvalue weighted by Gasteiger charge is 2.44. The molecule has 1 aliphatic rings. The fourth-order valence-electron chi connectivity index (χ4n) is 3.00. The molecule has 0 bridgehead atoms. The first-order chi connectivity index (χ1) is 11.8. The van der Waals surface area contributed by atoms with Gasteiger partial charge in [0, 0.05) is 0 Å². The number of amides is 1. The molecule has 0 aromatic heterocycles. The molecular weight excluding hydrogens is 322 g/mol. The van der Waals surface area contributed by atoms with Crippen LogP contribution < -0.4 is 4.74 Å². The summed E-state index contributed by atoms with van der Waals surface area (Å²) in [5, 5.41) is 0. The van der Waals surface area contributed by atoms with Crippen molar-refractivity contribution in [2.24, 2.45) is 0 Å². The number of hydrogen-bond acceptors (Lipinski definition) is 5. The van der Waals surface area contributed by atoms with Gasteiger partial charge in [0.1, 0.15) is 17.4 Å². The first-order valence-corrected chi connectivity index (χ1v) is 8.58. The number of benzene rings is 1. The topological polar surface area (TPSA) is 65.1 Å². The van der Waals surface area contributed by atoms with E-state index in [-0.39, 0.29) is 18.6 Å². The van der Waals surface area contributed by atoms with Crippen LogP contribution in [0.3, 0.4) is 0 Å². The molecule has 1 fully saturated rings. The summed E-state index contributed by atoms with van der Waals surface area (Å²) in [7, 11) is 1.61. The number of ether oxygens (including phenoxy) is 3. The number of rotatable bonds is 4. The molecule has 0 radical (unpaired) electrons. The second-order valence-corrected chi connectivity index (χ2v) is 7.02. The Labute approximate surface area is 149 Å². The van der Waals surface area contributed by atoms with E-state index in [1.165, 1.54) is 4.90 Å². The standard InChI is InChI=1S/C19H27NO5/c1-6-24-17(21)16-12-11-15(13-7-9-14(23-5)10-8-13)20(16)18(22)25-19(2,3)4/h7-10,15-16H,6,11-12H2,1-5H3/t15-,16-/m1/s1. The Morgan fingerprint density at radius 1 is 1.16 bits per heavy atom. The van der Waals surface area contributed by atoms with Gasteiger partial charge in [-0.2, -0.15) is 0 Å². The Kier molecular flexibility index (Phi) is 5.93. The minimum atomic E-state index is -0.636. The van der Waals surface area contributed by atoms with Gasteiger partial charge in [-0.15, -0.1) is 0 Å². The second kappa shape index (κ2) is 7.76. The summed E-state index contributed by atoms with van der Waals surface area (Å²) in [5.74, 6) is 0.358. The van der Waals surface area contributed by atoms with Crippen molar-refractivity contribution in [1.29, 1.82) is 0 Å². The van der Waals surface area contributed by atoms with E-state index in [9.17, 15) is 9.59 Å². The molecule has 138 valence electrons. The Morgan fingerprint density at radius 2 is 1.80 bits per heavy atom. The van der Waals surface area contributed by atoms with Gasteiger partial charge >= 0.3 is 12.1 Å². The molecule has 0 unspecified atom stereocenters. The predicted molar refractivity (Wildman–Crippen MR) is 93.5 cm³/mol. The average Bonchev–Trinajstić information content (AvgIpc) is 2.99. The van der Waals surface area contributed by atoms with Gasteiger partial charge in [-0.1, -0.05) is 12.1 Å². The Hall–Kier alpha value is -2.24. The fraction of sp³-hybridized carbons (Fsp3) is 0.579. The molecular formula is C19H27NO5. The molecule has 25 heavy (non-hydrogen) atoms. The number of likely N-dealkylation sites (tertiary alicyclic amines) is 1. The SMILES string of the molecule is CCOC(=O)[C@H]1CC[C@H](c2ccc(OC)cc2)N1C(=O)OC(C)(C)C. The van der Waals surface area contributed by atoms with Gasteiger partial charge in [0.25, 0.3) is 0 Å². The van der Waals surface area contributed by atoms with E-state index < -0.39 is 17.7 Å². The van der Waals surface area contributed by atoms with Crippen LogP contribution in [0, 0.1) is 0 Å². The van der Waals surface area contributed by atoms with Crippen molar-refractivity contribution in [2.75, 3.05) is 13.7 Å². The summed E-state index contributed by atoms with van der Waals surface area (Å²) in [5.41, 5.74) is 0.307. The number of methoxy groups -OCH3 is 1. The summed E-state index contributed by atoms with van der Waals surface area (Å²) in [6, 6.07) is 6.67. The van der Waals surface area contributed by atoms with E-state index in [2.05, 4.69) is 0 Å². The van der Waals surface area contributed by atoms with Crippen molar-refractivity contribution >= 4 is 12.1 Å². The van der Waals surface area contributed by atoms with E-state index in [0.29, 0.717) is 12.8 Å². The van der Waals surface area contributed by atoms with Gasteiger partial charge in [-0.05, 0) is 58.2 Å². The van der Waals surface area contributed by atoms with Crippen molar-refractivity contribution in [2.45, 2.75) is 58.2 Å². The van der Waals surface area contributed by atoms with E-state index in [4.69, 9.17) is 14.2 Å². The molecule has 1 aliphatic heterocycles. The van der Waals surface area contributed by atoms with E-state index >= 15 is 0 Å². The molecule has 1 saturated heterocycles. The lowest BCUT2D eigenvalue weighted by Crippen LogP contribution is -2.45. The van der Waals surface area contributed by atoms with E-state index in [1.807, 2.05) is 45.0 Å². The third-order valence-electron chi connectivity index (χ3n) is 4.05. The lowest BCUT2D eigenvalue weighted by atomic mass is 10.0. The van der Waals surface area contributed by atoms with Crippen molar-refractivity contribution in [3.05, 3.63) is 29.8 Å². The third-order valence-corrected chi connectivity index (χ3v) is 4.05. The van der Waals surface area contributed by atoms with Crippen LogP contribution in [0.25, 0.3) is 0 Å². The van der Waals surface area contributed by atoms with Gasteiger partial charge in [0.05, 0.1) is 19.8 Å². The molecule has 1 aromatic rings. The van der Waals surface area contributed by atoms with Gasteiger partial charge < -0.3 is 14.2 Å². The zero-order chi connectivity index (χ0) is 18.6. The first-order valence-electron chi connectivity index (χ1n) is 8.58. The third kappa shape index (κ3) is 4.65. The maximum atomic E-state index is 12.8. The summed E-state index contributed by atoms with van der Waals surface area (Å²) in [4.78, 5) is 26.6. The van der Waals surface area contributed by atoms with Crippen molar-refractivity contribution in [3.63, 3.8) is 0 Å². The van der Waals surface area contributed by atoms with Crippen molar-refractivity contribution < 1.29 is 23.8 Å². The molecule has 0 saturated carbocycles. The molecule has 1 amide bonds. The minimum absolute atomic E-state index is 0.227. The van der Waals surface area contributed by atoms with E-state index in [1.54, 1.807) is 14.0 Å². The smallest absolute Gasteiger partial charge is 0.411 e. The van der Waals surface area contributed by atoms with Crippen LogP contribution in [0.15, 0.2) is 24.3 Å². The maximum Gasteiger partial charge on any atom is 0.411 e. The number of carbonyl (C=O) groups excluding carboxylic acids is 2. The lowest BCUT2D eigenvalue weighted by molar-refractivity contribution is -0.148. The minimum Gasteiger partial charge on any atom is -0.497 e. The molecule has 0 spiro atoms. The van der Waals surface area contributed by atoms with Gasteiger partial charge in [-0.3, -0.25) is 4.90 Å². The summed E-state index contributed by atoms with van der Waals surface area (Å²) >= 11 is 0. The number of hydrogen-bond donors (Lipinski definition) is 0. The second-order valence-electron chi connectivity index (χ2n) is 7.02. The monoisotopic (exact) mass is 349 g/mol. The quantitative estimate of drug-likeness (QED) is 0.776.